The first-order chi connectivity index (χ1) is 19.9. The summed E-state index contributed by atoms with van der Waals surface area (Å²) in [5.74, 6) is 1.71. The van der Waals surface area contributed by atoms with E-state index in [1.807, 2.05) is 31.2 Å². The Morgan fingerprint density at radius 3 is 2.46 bits per heavy atom. The van der Waals surface area contributed by atoms with Crippen LogP contribution in [0.15, 0.2) is 52.9 Å². The molecule has 8 nitrogen and oxygen atoms in total. The second-order valence-corrected chi connectivity index (χ2v) is 11.6. The van der Waals surface area contributed by atoms with E-state index in [-0.39, 0.29) is 11.8 Å². The second kappa shape index (κ2) is 14.3. The summed E-state index contributed by atoms with van der Waals surface area (Å²) in [4.78, 5) is 22.3. The van der Waals surface area contributed by atoms with Crippen LogP contribution in [0.3, 0.4) is 0 Å². The number of aromatic nitrogens is 1. The Bertz CT molecular complexity index is 1250. The van der Waals surface area contributed by atoms with E-state index in [1.54, 1.807) is 0 Å². The summed E-state index contributed by atoms with van der Waals surface area (Å²) in [6.45, 7) is 11.6. The number of hydrogen-bond donors (Lipinski definition) is 2. The van der Waals surface area contributed by atoms with E-state index in [9.17, 15) is 4.79 Å². The highest BCUT2D eigenvalue weighted by molar-refractivity contribution is 6.30. The van der Waals surface area contributed by atoms with Gasteiger partial charge in [0.2, 0.25) is 11.8 Å². The minimum atomic E-state index is 0.0718. The Balaban J connectivity index is 0.978. The van der Waals surface area contributed by atoms with Gasteiger partial charge in [-0.05, 0) is 88.2 Å². The first-order valence-corrected chi connectivity index (χ1v) is 15.2. The number of piperidine rings is 1. The first-order valence-electron chi connectivity index (χ1n) is 14.8. The van der Waals surface area contributed by atoms with E-state index in [0.29, 0.717) is 23.5 Å². The van der Waals surface area contributed by atoms with Gasteiger partial charge in [0.1, 0.15) is 5.76 Å². The predicted octanol–water partition coefficient (Wildman–Crippen LogP) is 5.04. The van der Waals surface area contributed by atoms with Gasteiger partial charge in [-0.3, -0.25) is 9.69 Å². The smallest absolute Gasteiger partial charge is 0.226 e. The van der Waals surface area contributed by atoms with E-state index in [2.05, 4.69) is 51.6 Å². The number of nitrogens with one attached hydrogen (secondary N) is 2. The number of anilines is 1. The van der Waals surface area contributed by atoms with Crippen LogP contribution in [0.5, 0.6) is 0 Å². The summed E-state index contributed by atoms with van der Waals surface area (Å²) < 4.78 is 11.4. The average molecular weight is 580 g/mol. The molecule has 9 heteroatoms. The van der Waals surface area contributed by atoms with Gasteiger partial charge in [-0.2, -0.15) is 0 Å². The van der Waals surface area contributed by atoms with Gasteiger partial charge in [0.05, 0.1) is 18.9 Å². The number of carbonyl (C=O) groups is 1. The van der Waals surface area contributed by atoms with E-state index >= 15 is 0 Å². The molecule has 3 aromatic rings. The molecule has 2 aliphatic heterocycles. The number of hydrogen-bond acceptors (Lipinski definition) is 7. The molecule has 1 amide bonds. The van der Waals surface area contributed by atoms with Crippen molar-refractivity contribution in [3.05, 3.63) is 70.6 Å². The number of halogens is 1. The fourth-order valence-electron chi connectivity index (χ4n) is 5.45. The van der Waals surface area contributed by atoms with Gasteiger partial charge in [0.15, 0.2) is 0 Å². The number of morpholine rings is 1. The molecule has 1 aromatic heterocycles. The third-order valence-electron chi connectivity index (χ3n) is 8.16. The van der Waals surface area contributed by atoms with Crippen LogP contribution in [0.25, 0.3) is 11.5 Å². The first kappa shape index (κ1) is 29.6. The van der Waals surface area contributed by atoms with Crippen molar-refractivity contribution in [2.24, 2.45) is 5.92 Å². The quantitative estimate of drug-likeness (QED) is 0.329. The Labute approximate surface area is 248 Å². The summed E-state index contributed by atoms with van der Waals surface area (Å²) in [5.41, 5.74) is 4.40. The number of oxazole rings is 1. The number of likely N-dealkylation sites (tertiary alicyclic amines) is 1. The monoisotopic (exact) mass is 579 g/mol. The molecule has 1 unspecified atom stereocenters. The van der Waals surface area contributed by atoms with Gasteiger partial charge in [-0.15, -0.1) is 0 Å². The summed E-state index contributed by atoms with van der Waals surface area (Å²) >= 11 is 6.00. The zero-order valence-electron chi connectivity index (χ0n) is 24.2. The molecule has 2 saturated heterocycles. The third-order valence-corrected chi connectivity index (χ3v) is 8.41. The SMILES string of the molecule is Cc1oc(-c2ccc(Cl)cc2)nc1CN1CCC(C(=O)NCCC(C)NCc2ccc(N3CCOCC3)cc2)CC1. The summed E-state index contributed by atoms with van der Waals surface area (Å²) in [7, 11) is 0. The molecule has 2 aromatic carbocycles. The van der Waals surface area contributed by atoms with Crippen LogP contribution in [-0.2, 0) is 22.6 Å². The molecule has 0 spiro atoms. The number of rotatable bonds is 11. The molecule has 220 valence electrons. The van der Waals surface area contributed by atoms with Crippen molar-refractivity contribution in [2.45, 2.75) is 52.2 Å². The molecule has 2 N–H and O–H groups in total. The van der Waals surface area contributed by atoms with E-state index < -0.39 is 0 Å². The van der Waals surface area contributed by atoms with Crippen molar-refractivity contribution in [2.75, 3.05) is 50.8 Å². The van der Waals surface area contributed by atoms with E-state index in [0.717, 1.165) is 88.8 Å². The summed E-state index contributed by atoms with van der Waals surface area (Å²) in [6.07, 6.45) is 2.62. The molecular weight excluding hydrogens is 538 g/mol. The topological polar surface area (TPSA) is 82.9 Å². The number of carbonyl (C=O) groups excluding carboxylic acids is 1. The van der Waals surface area contributed by atoms with Gasteiger partial charge in [-0.1, -0.05) is 23.7 Å². The van der Waals surface area contributed by atoms with Crippen LogP contribution in [0.2, 0.25) is 5.02 Å². The maximum Gasteiger partial charge on any atom is 0.226 e. The van der Waals surface area contributed by atoms with Crippen molar-refractivity contribution in [3.63, 3.8) is 0 Å². The molecular formula is C32H42ClN5O3. The number of ether oxygens (including phenoxy) is 1. The largest absolute Gasteiger partial charge is 0.441 e. The Morgan fingerprint density at radius 1 is 1.05 bits per heavy atom. The second-order valence-electron chi connectivity index (χ2n) is 11.2. The number of benzene rings is 2. The lowest BCUT2D eigenvalue weighted by Gasteiger charge is -2.30. The normalized spacial score (nSPS) is 17.5. The zero-order valence-corrected chi connectivity index (χ0v) is 25.0. The molecule has 0 bridgehead atoms. The zero-order chi connectivity index (χ0) is 28.6. The van der Waals surface area contributed by atoms with Crippen molar-refractivity contribution >= 4 is 23.2 Å². The van der Waals surface area contributed by atoms with Crippen LogP contribution < -0.4 is 15.5 Å². The molecule has 2 aliphatic rings. The maximum atomic E-state index is 12.8. The van der Waals surface area contributed by atoms with Crippen LogP contribution in [-0.4, -0.2) is 67.8 Å². The van der Waals surface area contributed by atoms with Gasteiger partial charge < -0.3 is 24.7 Å². The number of aryl methyl sites for hydroxylation is 1. The minimum Gasteiger partial charge on any atom is -0.441 e. The number of nitrogens with zero attached hydrogens (tertiary/aromatic N) is 3. The standard InChI is InChI=1S/C32H42ClN5O3/c1-23(35-21-25-3-9-29(10-4-25)38-17-19-40-20-18-38)11-14-34-31(39)26-12-15-37(16-13-26)22-30-24(2)41-32(36-30)27-5-7-28(33)8-6-27/h3-10,23,26,35H,11-22H2,1-2H3,(H,34,39). The lowest BCUT2D eigenvalue weighted by Crippen LogP contribution is -2.41. The van der Waals surface area contributed by atoms with Crippen LogP contribution >= 0.6 is 11.6 Å². The molecule has 1 atom stereocenters. The highest BCUT2D eigenvalue weighted by atomic mass is 35.5. The molecule has 0 aliphatic carbocycles. The number of amides is 1. The van der Waals surface area contributed by atoms with Crippen LogP contribution in [0.4, 0.5) is 5.69 Å². The molecule has 5 rings (SSSR count). The fraction of sp³-hybridized carbons (Fsp3) is 0.500. The predicted molar refractivity (Wildman–Crippen MR) is 163 cm³/mol. The highest BCUT2D eigenvalue weighted by Gasteiger charge is 2.26. The lowest BCUT2D eigenvalue weighted by atomic mass is 9.95. The Hall–Kier alpha value is -2.91. The van der Waals surface area contributed by atoms with Gasteiger partial charge in [-0.25, -0.2) is 4.98 Å². The molecule has 41 heavy (non-hydrogen) atoms. The van der Waals surface area contributed by atoms with Gasteiger partial charge >= 0.3 is 0 Å². The van der Waals surface area contributed by atoms with Crippen molar-refractivity contribution in [1.29, 1.82) is 0 Å². The minimum absolute atomic E-state index is 0.0718. The van der Waals surface area contributed by atoms with Crippen LogP contribution in [0.1, 0.15) is 43.2 Å². The maximum absolute atomic E-state index is 12.8. The molecule has 0 saturated carbocycles. The summed E-state index contributed by atoms with van der Waals surface area (Å²) in [6, 6.07) is 16.6. The van der Waals surface area contributed by atoms with Crippen LogP contribution in [0, 0.1) is 12.8 Å². The van der Waals surface area contributed by atoms with Crippen molar-refractivity contribution in [3.8, 4) is 11.5 Å². The van der Waals surface area contributed by atoms with Crippen molar-refractivity contribution < 1.29 is 13.9 Å². The van der Waals surface area contributed by atoms with E-state index in [4.69, 9.17) is 25.7 Å². The van der Waals surface area contributed by atoms with Gasteiger partial charge in [0, 0.05) is 61.0 Å². The highest BCUT2D eigenvalue weighted by Crippen LogP contribution is 2.26. The molecule has 2 fully saturated rings. The molecule has 0 radical (unpaired) electrons. The van der Waals surface area contributed by atoms with E-state index in [1.165, 1.54) is 11.3 Å². The Kier molecular flexibility index (Phi) is 10.3. The molecule has 3 heterocycles. The lowest BCUT2D eigenvalue weighted by molar-refractivity contribution is -0.126. The van der Waals surface area contributed by atoms with Crippen molar-refractivity contribution in [1.82, 2.24) is 20.5 Å². The average Bonchev–Trinajstić information content (AvgIpc) is 3.37. The fourth-order valence-corrected chi connectivity index (χ4v) is 5.58. The summed E-state index contributed by atoms with van der Waals surface area (Å²) in [5, 5.41) is 7.45. The third kappa shape index (κ3) is 8.32. The van der Waals surface area contributed by atoms with Gasteiger partial charge in [0.25, 0.3) is 0 Å². The Morgan fingerprint density at radius 2 is 1.76 bits per heavy atom.